The van der Waals surface area contributed by atoms with E-state index in [9.17, 15) is 14.0 Å². The van der Waals surface area contributed by atoms with Crippen LogP contribution in [0.4, 0.5) is 10.1 Å². The lowest BCUT2D eigenvalue weighted by molar-refractivity contribution is 0.628. The molecule has 9 nitrogen and oxygen atoms in total. The summed E-state index contributed by atoms with van der Waals surface area (Å²) >= 11 is 0. The Bertz CT molecular complexity index is 1690. The smallest absolute Gasteiger partial charge is 0.330 e. The second kappa shape index (κ2) is 7.93. The number of benzene rings is 2. The zero-order chi connectivity index (χ0) is 24.3. The van der Waals surface area contributed by atoms with Crippen LogP contribution < -0.4 is 16.1 Å². The lowest BCUT2D eigenvalue weighted by Gasteiger charge is -2.12. The molecule has 1 aliphatic carbocycles. The van der Waals surface area contributed by atoms with Crippen molar-refractivity contribution in [1.82, 2.24) is 29.1 Å². The standard InChI is InChI=1S/C25H24FN7O2/c1-31(2)19-11-18-17(10-16(19)26)27-20(28-18)12-21-29-23-22(32(21)13-14-6-4-3-5-7-14)24(34)30-25(35)33(23)15-8-9-15/h3-7,10-11,15H,8-9,12-13H2,1-2H3,(H,27,28)(H,30,34,35). The first kappa shape index (κ1) is 21.3. The molecule has 0 saturated heterocycles. The van der Waals surface area contributed by atoms with Crippen LogP contribution in [0.2, 0.25) is 0 Å². The van der Waals surface area contributed by atoms with Crippen molar-refractivity contribution >= 4 is 27.9 Å². The molecule has 0 bridgehead atoms. The van der Waals surface area contributed by atoms with Crippen molar-refractivity contribution in [2.45, 2.75) is 31.8 Å². The van der Waals surface area contributed by atoms with Crippen molar-refractivity contribution < 1.29 is 4.39 Å². The second-order valence-electron chi connectivity index (χ2n) is 9.21. The predicted octanol–water partition coefficient (Wildman–Crippen LogP) is 2.94. The quantitative estimate of drug-likeness (QED) is 0.395. The van der Waals surface area contributed by atoms with Gasteiger partial charge in [-0.1, -0.05) is 30.3 Å². The van der Waals surface area contributed by atoms with E-state index in [0.717, 1.165) is 18.4 Å². The highest BCUT2D eigenvalue weighted by Gasteiger charge is 2.30. The molecule has 2 aromatic carbocycles. The molecule has 10 heteroatoms. The Labute approximate surface area is 198 Å². The summed E-state index contributed by atoms with van der Waals surface area (Å²) in [6, 6.07) is 13.0. The van der Waals surface area contributed by atoms with Gasteiger partial charge in [0.05, 0.1) is 23.1 Å². The van der Waals surface area contributed by atoms with E-state index < -0.39 is 11.2 Å². The lowest BCUT2D eigenvalue weighted by Crippen LogP contribution is -2.30. The number of nitrogens with one attached hydrogen (secondary N) is 2. The van der Waals surface area contributed by atoms with E-state index in [2.05, 4.69) is 15.0 Å². The van der Waals surface area contributed by atoms with Crippen LogP contribution in [-0.2, 0) is 13.0 Å². The fourth-order valence-electron chi connectivity index (χ4n) is 4.58. The summed E-state index contributed by atoms with van der Waals surface area (Å²) < 4.78 is 17.9. The van der Waals surface area contributed by atoms with Gasteiger partial charge in [-0.05, 0) is 24.5 Å². The Balaban J connectivity index is 1.51. The molecule has 0 aliphatic heterocycles. The number of imidazole rings is 2. The molecule has 0 radical (unpaired) electrons. The Hall–Kier alpha value is -4.21. The van der Waals surface area contributed by atoms with Crippen LogP contribution in [-0.4, -0.2) is 43.2 Å². The molecule has 6 rings (SSSR count). The van der Waals surface area contributed by atoms with Gasteiger partial charge >= 0.3 is 5.69 Å². The van der Waals surface area contributed by atoms with Gasteiger partial charge in [0, 0.05) is 32.7 Å². The zero-order valence-corrected chi connectivity index (χ0v) is 19.4. The van der Waals surface area contributed by atoms with Crippen molar-refractivity contribution in [3.63, 3.8) is 0 Å². The van der Waals surface area contributed by atoms with Gasteiger partial charge in [-0.3, -0.25) is 14.3 Å². The first-order chi connectivity index (χ1) is 16.9. The maximum absolute atomic E-state index is 14.5. The van der Waals surface area contributed by atoms with Gasteiger partial charge in [-0.15, -0.1) is 0 Å². The molecule has 35 heavy (non-hydrogen) atoms. The van der Waals surface area contributed by atoms with Crippen LogP contribution >= 0.6 is 0 Å². The molecule has 2 N–H and O–H groups in total. The zero-order valence-electron chi connectivity index (χ0n) is 19.4. The summed E-state index contributed by atoms with van der Waals surface area (Å²) in [5.74, 6) is 0.854. The Morgan fingerprint density at radius 1 is 1.09 bits per heavy atom. The maximum Gasteiger partial charge on any atom is 0.330 e. The van der Waals surface area contributed by atoms with E-state index in [-0.39, 0.29) is 18.3 Å². The van der Waals surface area contributed by atoms with Crippen LogP contribution in [0, 0.1) is 5.82 Å². The first-order valence-corrected chi connectivity index (χ1v) is 11.5. The Morgan fingerprint density at radius 2 is 1.86 bits per heavy atom. The highest BCUT2D eigenvalue weighted by atomic mass is 19.1. The average Bonchev–Trinajstić information content (AvgIpc) is 3.48. The summed E-state index contributed by atoms with van der Waals surface area (Å²) in [4.78, 5) is 42.4. The van der Waals surface area contributed by atoms with Crippen LogP contribution in [0.5, 0.6) is 0 Å². The molecule has 1 aliphatic rings. The molecular weight excluding hydrogens is 449 g/mol. The van der Waals surface area contributed by atoms with Gasteiger partial charge in [-0.25, -0.2) is 19.2 Å². The maximum atomic E-state index is 14.5. The minimum Gasteiger partial charge on any atom is -0.375 e. The van der Waals surface area contributed by atoms with Crippen molar-refractivity contribution in [3.05, 3.63) is 86.3 Å². The molecule has 3 heterocycles. The molecule has 178 valence electrons. The van der Waals surface area contributed by atoms with Gasteiger partial charge < -0.3 is 14.5 Å². The van der Waals surface area contributed by atoms with E-state index in [4.69, 9.17) is 4.98 Å². The van der Waals surface area contributed by atoms with E-state index in [0.29, 0.717) is 46.1 Å². The highest BCUT2D eigenvalue weighted by Crippen LogP contribution is 2.35. The largest absolute Gasteiger partial charge is 0.375 e. The van der Waals surface area contributed by atoms with Gasteiger partial charge in [0.1, 0.15) is 17.5 Å². The van der Waals surface area contributed by atoms with E-state index in [1.54, 1.807) is 29.6 Å². The number of halogens is 1. The van der Waals surface area contributed by atoms with Gasteiger partial charge in [-0.2, -0.15) is 0 Å². The molecule has 0 amide bonds. The highest BCUT2D eigenvalue weighted by molar-refractivity contribution is 5.80. The third kappa shape index (κ3) is 3.71. The molecule has 1 saturated carbocycles. The number of rotatable bonds is 6. The van der Waals surface area contributed by atoms with Crippen LogP contribution in [0.25, 0.3) is 22.2 Å². The minimum absolute atomic E-state index is 0.0494. The molecule has 3 aromatic heterocycles. The molecule has 0 spiro atoms. The number of anilines is 1. The van der Waals surface area contributed by atoms with E-state index in [1.807, 2.05) is 34.9 Å². The van der Waals surface area contributed by atoms with Crippen molar-refractivity contribution in [1.29, 1.82) is 0 Å². The number of nitrogens with zero attached hydrogens (tertiary/aromatic N) is 5. The van der Waals surface area contributed by atoms with Gasteiger partial charge in [0.2, 0.25) is 0 Å². The Kier molecular flexibility index (Phi) is 4.84. The summed E-state index contributed by atoms with van der Waals surface area (Å²) in [7, 11) is 3.56. The van der Waals surface area contributed by atoms with E-state index in [1.165, 1.54) is 6.07 Å². The third-order valence-electron chi connectivity index (χ3n) is 6.41. The summed E-state index contributed by atoms with van der Waals surface area (Å²) in [5, 5.41) is 0. The first-order valence-electron chi connectivity index (χ1n) is 11.5. The number of aromatic nitrogens is 6. The number of aromatic amines is 2. The number of hydrogen-bond acceptors (Lipinski definition) is 5. The molecular formula is C25H24FN7O2. The van der Waals surface area contributed by atoms with Crippen LogP contribution in [0.3, 0.4) is 0 Å². The average molecular weight is 474 g/mol. The summed E-state index contributed by atoms with van der Waals surface area (Å²) in [6.07, 6.45) is 2.05. The number of H-pyrrole nitrogens is 2. The predicted molar refractivity (Wildman–Crippen MR) is 132 cm³/mol. The second-order valence-corrected chi connectivity index (χ2v) is 9.21. The van der Waals surface area contributed by atoms with Crippen molar-refractivity contribution in [2.24, 2.45) is 0 Å². The van der Waals surface area contributed by atoms with E-state index >= 15 is 0 Å². The molecule has 0 atom stereocenters. The van der Waals surface area contributed by atoms with Gasteiger partial charge in [0.25, 0.3) is 5.56 Å². The molecule has 1 fully saturated rings. The topological polar surface area (TPSA) is 105 Å². The lowest BCUT2D eigenvalue weighted by atomic mass is 10.2. The molecule has 0 unspecified atom stereocenters. The monoisotopic (exact) mass is 473 g/mol. The van der Waals surface area contributed by atoms with Crippen LogP contribution in [0.1, 0.15) is 36.1 Å². The van der Waals surface area contributed by atoms with Crippen LogP contribution in [0.15, 0.2) is 52.1 Å². The molecule has 5 aromatic rings. The van der Waals surface area contributed by atoms with Gasteiger partial charge in [0.15, 0.2) is 11.2 Å². The minimum atomic E-state index is -0.459. The number of fused-ring (bicyclic) bond motifs is 2. The summed E-state index contributed by atoms with van der Waals surface area (Å²) in [6.45, 7) is 0.415. The normalized spacial score (nSPS) is 13.7. The fraction of sp³-hybridized carbons (Fsp3) is 0.280. The third-order valence-corrected chi connectivity index (χ3v) is 6.41. The summed E-state index contributed by atoms with van der Waals surface area (Å²) in [5.41, 5.74) is 2.54. The Morgan fingerprint density at radius 3 is 2.57 bits per heavy atom. The number of hydrogen-bond donors (Lipinski definition) is 2. The SMILES string of the molecule is CN(C)c1cc2nc(Cc3nc4c(c(=O)[nH]c(=O)n4C4CC4)n3Cc3ccccc3)[nH]c2cc1F. The van der Waals surface area contributed by atoms with Crippen molar-refractivity contribution in [2.75, 3.05) is 19.0 Å². The van der Waals surface area contributed by atoms with Crippen molar-refractivity contribution in [3.8, 4) is 0 Å². The fourth-order valence-corrected chi connectivity index (χ4v) is 4.58.